The first-order chi connectivity index (χ1) is 12.5. The van der Waals surface area contributed by atoms with Crippen LogP contribution in [0.5, 0.6) is 0 Å². The number of nitrogens with one attached hydrogen (secondary N) is 1. The van der Waals surface area contributed by atoms with Gasteiger partial charge in [0.25, 0.3) is 0 Å². The molecular weight excluding hydrogens is 422 g/mol. The van der Waals surface area contributed by atoms with Crippen molar-refractivity contribution in [3.05, 3.63) is 0 Å². The summed E-state index contributed by atoms with van der Waals surface area (Å²) >= 11 is 4.38. The Kier molecular flexibility index (Phi) is 9.57. The van der Waals surface area contributed by atoms with Gasteiger partial charge in [0.2, 0.25) is 0 Å². The molecule has 14 heteroatoms. The number of carboxylic acids is 1. The zero-order valence-corrected chi connectivity index (χ0v) is 15.7. The summed E-state index contributed by atoms with van der Waals surface area (Å²) in [6, 6.07) is -1.43. The molecule has 1 fully saturated rings. The van der Waals surface area contributed by atoms with Crippen LogP contribution in [0.25, 0.3) is 0 Å². The van der Waals surface area contributed by atoms with Crippen LogP contribution in [0, 0.1) is 0 Å². The Morgan fingerprint density at radius 3 is 1.89 bits per heavy atom. The number of ether oxygens (including phenoxy) is 1. The molecule has 0 spiro atoms. The summed E-state index contributed by atoms with van der Waals surface area (Å²) in [4.78, 5) is 33.9. The third kappa shape index (κ3) is 8.54. The van der Waals surface area contributed by atoms with E-state index in [0.29, 0.717) is 25.9 Å². The topological polar surface area (TPSA) is 95.9 Å². The first kappa shape index (κ1) is 26.3. The first-order valence-corrected chi connectivity index (χ1v) is 8.24. The SMILES string of the molecule is CCOC(=O)[C@@H](NC(=O)C(F)(F)F)C1(S)CCN(C)CC1.O=C(O)C(F)(F)F. The van der Waals surface area contributed by atoms with E-state index in [1.165, 1.54) is 0 Å². The van der Waals surface area contributed by atoms with E-state index < -0.39 is 41.0 Å². The number of thiol groups is 1. The number of carbonyl (C=O) groups excluding carboxylic acids is 2. The highest BCUT2D eigenvalue weighted by molar-refractivity contribution is 7.82. The number of nitrogens with zero attached hydrogens (tertiary/aromatic N) is 1. The molecule has 28 heavy (non-hydrogen) atoms. The summed E-state index contributed by atoms with van der Waals surface area (Å²) in [6.45, 7) is 2.70. The molecule has 1 aliphatic rings. The molecule has 0 saturated carbocycles. The summed E-state index contributed by atoms with van der Waals surface area (Å²) in [5.74, 6) is -5.81. The van der Waals surface area contributed by atoms with E-state index in [1.807, 2.05) is 11.9 Å². The van der Waals surface area contributed by atoms with Gasteiger partial charge in [-0.3, -0.25) is 4.79 Å². The monoisotopic (exact) mass is 442 g/mol. The van der Waals surface area contributed by atoms with Gasteiger partial charge < -0.3 is 20.1 Å². The Bertz CT molecular complexity index is 561. The van der Waals surface area contributed by atoms with Gasteiger partial charge in [0.05, 0.1) is 6.61 Å². The number of carbonyl (C=O) groups is 3. The smallest absolute Gasteiger partial charge is 0.475 e. The van der Waals surface area contributed by atoms with E-state index in [0.717, 1.165) is 0 Å². The second kappa shape index (κ2) is 10.2. The minimum Gasteiger partial charge on any atom is -0.475 e. The molecule has 0 radical (unpaired) electrons. The predicted molar refractivity (Wildman–Crippen MR) is 86.8 cm³/mol. The second-order valence-corrected chi connectivity index (χ2v) is 6.76. The lowest BCUT2D eigenvalue weighted by Gasteiger charge is -2.41. The van der Waals surface area contributed by atoms with Crippen molar-refractivity contribution >= 4 is 30.5 Å². The normalized spacial score (nSPS) is 18.3. The molecule has 2 N–H and O–H groups in total. The number of halogens is 6. The van der Waals surface area contributed by atoms with Gasteiger partial charge in [-0.1, -0.05) is 0 Å². The average Bonchev–Trinajstić information content (AvgIpc) is 2.54. The molecule has 7 nitrogen and oxygen atoms in total. The van der Waals surface area contributed by atoms with Crippen LogP contribution >= 0.6 is 12.6 Å². The van der Waals surface area contributed by atoms with Crippen molar-refractivity contribution in [2.24, 2.45) is 0 Å². The molecule has 1 rings (SSSR count). The Hall–Kier alpha value is -1.70. The highest BCUT2D eigenvalue weighted by Crippen LogP contribution is 2.33. The maximum absolute atomic E-state index is 12.4. The molecule has 1 aliphatic heterocycles. The summed E-state index contributed by atoms with van der Waals surface area (Å²) in [6.07, 6.45) is -9.40. The Morgan fingerprint density at radius 1 is 1.14 bits per heavy atom. The lowest BCUT2D eigenvalue weighted by atomic mass is 9.88. The highest BCUT2D eigenvalue weighted by Gasteiger charge is 2.48. The molecule has 1 heterocycles. The van der Waals surface area contributed by atoms with Crippen LogP contribution in [0.4, 0.5) is 26.3 Å². The van der Waals surface area contributed by atoms with Crippen molar-refractivity contribution in [1.82, 2.24) is 10.2 Å². The van der Waals surface area contributed by atoms with Gasteiger partial charge in [-0.2, -0.15) is 39.0 Å². The van der Waals surface area contributed by atoms with Gasteiger partial charge in [0, 0.05) is 4.75 Å². The standard InChI is InChI=1S/C12H19F3N2O3S.C2HF3O2/c1-3-20-9(18)8(16-10(19)12(13,14)15)11(21)4-6-17(2)7-5-11;3-2(4,5)1(6)7/h8,21H,3-7H2,1-2H3,(H,16,19);(H,6,7)/t8-;/m1./s1. The summed E-state index contributed by atoms with van der Waals surface area (Å²) in [5, 5.41) is 8.86. The Labute approximate surface area is 161 Å². The van der Waals surface area contributed by atoms with Crippen LogP contribution in [0.15, 0.2) is 0 Å². The van der Waals surface area contributed by atoms with Crippen molar-refractivity contribution in [2.45, 2.75) is 42.9 Å². The van der Waals surface area contributed by atoms with Crippen LogP contribution in [0.1, 0.15) is 19.8 Å². The molecule has 1 saturated heterocycles. The minimum atomic E-state index is -5.08. The molecule has 0 bridgehead atoms. The number of alkyl halides is 6. The van der Waals surface area contributed by atoms with E-state index in [2.05, 4.69) is 12.6 Å². The third-order valence-electron chi connectivity index (χ3n) is 3.69. The molecule has 0 aromatic rings. The molecule has 0 aromatic heterocycles. The quantitative estimate of drug-likeness (QED) is 0.348. The fourth-order valence-electron chi connectivity index (χ4n) is 2.15. The molecule has 0 aliphatic carbocycles. The van der Waals surface area contributed by atoms with Crippen LogP contribution in [-0.4, -0.2) is 77.7 Å². The lowest BCUT2D eigenvalue weighted by molar-refractivity contribution is -0.192. The van der Waals surface area contributed by atoms with Crippen molar-refractivity contribution in [3.8, 4) is 0 Å². The number of esters is 1. The Morgan fingerprint density at radius 2 is 1.57 bits per heavy atom. The molecule has 1 amide bonds. The number of piperidine rings is 1. The van der Waals surface area contributed by atoms with E-state index in [-0.39, 0.29) is 6.61 Å². The number of carboxylic acid groups (broad SMARTS) is 1. The van der Waals surface area contributed by atoms with Gasteiger partial charge in [-0.25, -0.2) is 9.59 Å². The largest absolute Gasteiger partial charge is 0.490 e. The number of hydrogen-bond acceptors (Lipinski definition) is 6. The number of amides is 1. The molecule has 0 aromatic carbocycles. The number of rotatable bonds is 4. The van der Waals surface area contributed by atoms with Crippen LogP contribution in [0.2, 0.25) is 0 Å². The first-order valence-electron chi connectivity index (χ1n) is 7.80. The maximum atomic E-state index is 12.4. The van der Waals surface area contributed by atoms with Crippen molar-refractivity contribution in [2.75, 3.05) is 26.7 Å². The van der Waals surface area contributed by atoms with E-state index >= 15 is 0 Å². The molecule has 0 unspecified atom stereocenters. The number of hydrogen-bond donors (Lipinski definition) is 3. The summed E-state index contributed by atoms with van der Waals surface area (Å²) in [7, 11) is 1.86. The van der Waals surface area contributed by atoms with Crippen molar-refractivity contribution in [1.29, 1.82) is 0 Å². The summed E-state index contributed by atoms with van der Waals surface area (Å²) in [5.41, 5.74) is 0. The van der Waals surface area contributed by atoms with E-state index in [4.69, 9.17) is 14.6 Å². The minimum absolute atomic E-state index is 0.0149. The number of likely N-dealkylation sites (tertiary alicyclic amines) is 1. The van der Waals surface area contributed by atoms with Crippen LogP contribution in [-0.2, 0) is 19.1 Å². The third-order valence-corrected chi connectivity index (χ3v) is 4.39. The predicted octanol–water partition coefficient (Wildman–Crippen LogP) is 1.62. The van der Waals surface area contributed by atoms with Crippen LogP contribution < -0.4 is 5.32 Å². The molecular formula is C14H20F6N2O5S. The summed E-state index contributed by atoms with van der Waals surface area (Å²) < 4.78 is 72.7. The van der Waals surface area contributed by atoms with Gasteiger partial charge in [-0.05, 0) is 39.9 Å². The molecule has 164 valence electrons. The fourth-order valence-corrected chi connectivity index (χ4v) is 2.52. The second-order valence-electron chi connectivity index (χ2n) is 5.87. The lowest BCUT2D eigenvalue weighted by Crippen LogP contribution is -2.60. The van der Waals surface area contributed by atoms with Gasteiger partial charge in [-0.15, -0.1) is 0 Å². The Balaban J connectivity index is 0.000000887. The highest BCUT2D eigenvalue weighted by atomic mass is 32.1. The van der Waals surface area contributed by atoms with Gasteiger partial charge in [0.15, 0.2) is 0 Å². The fraction of sp³-hybridized carbons (Fsp3) is 0.786. The number of aliphatic carboxylic acids is 1. The van der Waals surface area contributed by atoms with Crippen molar-refractivity contribution in [3.63, 3.8) is 0 Å². The molecule has 1 atom stereocenters. The zero-order valence-electron chi connectivity index (χ0n) is 14.9. The van der Waals surface area contributed by atoms with Gasteiger partial charge in [0.1, 0.15) is 6.04 Å². The maximum Gasteiger partial charge on any atom is 0.490 e. The zero-order chi connectivity index (χ0) is 22.3. The van der Waals surface area contributed by atoms with Crippen molar-refractivity contribution < 1.29 is 50.6 Å². The average molecular weight is 442 g/mol. The van der Waals surface area contributed by atoms with E-state index in [9.17, 15) is 35.9 Å². The van der Waals surface area contributed by atoms with Gasteiger partial charge >= 0.3 is 30.2 Å². The van der Waals surface area contributed by atoms with Crippen LogP contribution in [0.3, 0.4) is 0 Å². The van der Waals surface area contributed by atoms with E-state index in [1.54, 1.807) is 12.2 Å².